The zero-order chi connectivity index (χ0) is 38.1. The molecule has 52 heavy (non-hydrogen) atoms. The monoisotopic (exact) mass is 754 g/mol. The summed E-state index contributed by atoms with van der Waals surface area (Å²) in [5.41, 5.74) is 5.36. The van der Waals surface area contributed by atoms with Crippen LogP contribution in [-0.4, -0.2) is 49.9 Å². The molecule has 0 amide bonds. The third-order valence-corrected chi connectivity index (χ3v) is 9.71. The van der Waals surface area contributed by atoms with Gasteiger partial charge in [-0.25, -0.2) is 4.57 Å². The zero-order valence-electron chi connectivity index (χ0n) is 33.5. The maximum absolute atomic E-state index is 12.5. The highest BCUT2D eigenvalue weighted by molar-refractivity contribution is 7.47. The molecule has 2 unspecified atom stereocenters. The first kappa shape index (κ1) is 50.5. The molecule has 2 atom stereocenters. The van der Waals surface area contributed by atoms with Crippen molar-refractivity contribution in [2.45, 2.75) is 187 Å². The van der Waals surface area contributed by atoms with Crippen molar-refractivity contribution in [1.82, 2.24) is 0 Å². The fraction of sp³-hybridized carbons (Fsp3) is 0.791. The van der Waals surface area contributed by atoms with Gasteiger partial charge in [-0.2, -0.15) is 0 Å². The lowest BCUT2D eigenvalue weighted by Crippen LogP contribution is -2.28. The molecule has 3 N–H and O–H groups in total. The first-order valence-electron chi connectivity index (χ1n) is 21.1. The van der Waals surface area contributed by atoms with Gasteiger partial charge in [0.05, 0.1) is 19.8 Å². The second-order valence-electron chi connectivity index (χ2n) is 13.8. The molecule has 0 spiro atoms. The topological polar surface area (TPSA) is 117 Å². The van der Waals surface area contributed by atoms with Crippen LogP contribution in [0.3, 0.4) is 0 Å². The van der Waals surface area contributed by atoms with Gasteiger partial charge in [-0.15, -0.1) is 0 Å². The second kappa shape index (κ2) is 40.6. The summed E-state index contributed by atoms with van der Waals surface area (Å²) in [6, 6.07) is 0. The Bertz CT molecular complexity index is 936. The number of carbonyl (C=O) groups is 1. The van der Waals surface area contributed by atoms with Crippen molar-refractivity contribution in [3.05, 3.63) is 48.6 Å². The molecule has 0 aromatic carbocycles. The van der Waals surface area contributed by atoms with Crippen molar-refractivity contribution in [2.24, 2.45) is 5.73 Å². The highest BCUT2D eigenvalue weighted by Gasteiger charge is 2.25. The molecular weight excluding hydrogens is 673 g/mol. The van der Waals surface area contributed by atoms with Gasteiger partial charge in [-0.3, -0.25) is 13.8 Å². The van der Waals surface area contributed by atoms with Crippen molar-refractivity contribution in [3.8, 4) is 0 Å². The van der Waals surface area contributed by atoms with E-state index in [0.717, 1.165) is 57.8 Å². The average Bonchev–Trinajstić information content (AvgIpc) is 3.13. The normalized spacial score (nSPS) is 14.0. The number of rotatable bonds is 40. The standard InChI is InChI=1S/C43H80NO7P/c1-3-5-7-9-11-13-15-17-18-19-20-21-22-23-25-27-29-31-33-35-38-48-40-42(41-50-52(46,47)49-39-37-44)51-43(45)36-34-32-30-28-26-24-16-14-12-10-8-6-4-2/h6,8,12,14,17-18,24,26,42H,3-5,7,9-11,13,15-16,19-23,25,27-41,44H2,1-2H3,(H,46,47)/b8-6-,14-12-,18-17-,26-24-. The average molecular weight is 754 g/mol. The SMILES string of the molecule is CC/C=C\C/C=C\C/C=C\CCCCCC(=O)OC(COCCCCCCCCCCCC/C=C\CCCCCCCC)COP(=O)(O)OCCN. The third-order valence-electron chi connectivity index (χ3n) is 8.73. The van der Waals surface area contributed by atoms with E-state index in [1.165, 1.54) is 103 Å². The molecular formula is C43H80NO7P. The number of hydrogen-bond acceptors (Lipinski definition) is 7. The number of unbranched alkanes of at least 4 members (excludes halogenated alkanes) is 19. The summed E-state index contributed by atoms with van der Waals surface area (Å²) in [6.45, 7) is 4.76. The lowest BCUT2D eigenvalue weighted by Gasteiger charge is -2.20. The first-order valence-corrected chi connectivity index (χ1v) is 22.6. The summed E-state index contributed by atoms with van der Waals surface area (Å²) < 4.78 is 33.4. The fourth-order valence-electron chi connectivity index (χ4n) is 5.65. The minimum Gasteiger partial charge on any atom is -0.457 e. The number of esters is 1. The Morgan fingerprint density at radius 2 is 1.08 bits per heavy atom. The van der Waals surface area contributed by atoms with E-state index in [4.69, 9.17) is 24.3 Å². The van der Waals surface area contributed by atoms with E-state index in [9.17, 15) is 14.3 Å². The predicted molar refractivity (Wildman–Crippen MR) is 219 cm³/mol. The van der Waals surface area contributed by atoms with Crippen molar-refractivity contribution in [1.29, 1.82) is 0 Å². The maximum atomic E-state index is 12.5. The molecule has 0 aromatic heterocycles. The molecule has 0 saturated carbocycles. The van der Waals surface area contributed by atoms with Crippen molar-refractivity contribution in [3.63, 3.8) is 0 Å². The number of carbonyl (C=O) groups excluding carboxylic acids is 1. The second-order valence-corrected chi connectivity index (χ2v) is 15.3. The summed E-state index contributed by atoms with van der Waals surface area (Å²) in [7, 11) is -4.28. The molecule has 0 rings (SSSR count). The van der Waals surface area contributed by atoms with Crippen LogP contribution in [0.4, 0.5) is 0 Å². The third kappa shape index (κ3) is 39.7. The molecule has 0 aliphatic heterocycles. The van der Waals surface area contributed by atoms with Crippen LogP contribution in [-0.2, 0) is 27.9 Å². The first-order chi connectivity index (χ1) is 25.4. The fourth-order valence-corrected chi connectivity index (χ4v) is 6.42. The van der Waals surface area contributed by atoms with Gasteiger partial charge in [0.25, 0.3) is 0 Å². The molecule has 304 valence electrons. The molecule has 0 saturated heterocycles. The number of allylic oxidation sites excluding steroid dienone is 8. The van der Waals surface area contributed by atoms with E-state index in [0.29, 0.717) is 6.61 Å². The number of ether oxygens (including phenoxy) is 2. The smallest absolute Gasteiger partial charge is 0.457 e. The Balaban J connectivity index is 4.03. The molecule has 0 aliphatic rings. The summed E-state index contributed by atoms with van der Waals surface area (Å²) >= 11 is 0. The van der Waals surface area contributed by atoms with Gasteiger partial charge in [0.15, 0.2) is 0 Å². The van der Waals surface area contributed by atoms with Crippen LogP contribution in [0.25, 0.3) is 0 Å². The minimum atomic E-state index is -4.28. The van der Waals surface area contributed by atoms with Crippen LogP contribution in [0.15, 0.2) is 48.6 Å². The van der Waals surface area contributed by atoms with Crippen LogP contribution in [0, 0.1) is 0 Å². The quantitative estimate of drug-likeness (QED) is 0.0275. The van der Waals surface area contributed by atoms with Gasteiger partial charge in [0, 0.05) is 19.6 Å². The number of hydrogen-bond donors (Lipinski definition) is 2. The number of phosphoric ester groups is 1. The molecule has 0 radical (unpaired) electrons. The van der Waals surface area contributed by atoms with E-state index in [1.54, 1.807) is 0 Å². The molecule has 0 fully saturated rings. The molecule has 0 heterocycles. The zero-order valence-corrected chi connectivity index (χ0v) is 34.4. The molecule has 0 aliphatic carbocycles. The van der Waals surface area contributed by atoms with E-state index >= 15 is 0 Å². The molecule has 9 heteroatoms. The van der Waals surface area contributed by atoms with Crippen LogP contribution in [0.5, 0.6) is 0 Å². The van der Waals surface area contributed by atoms with Gasteiger partial charge < -0.3 is 20.1 Å². The Morgan fingerprint density at radius 1 is 0.596 bits per heavy atom. The lowest BCUT2D eigenvalue weighted by molar-refractivity contribution is -0.154. The van der Waals surface area contributed by atoms with E-state index < -0.39 is 13.9 Å². The van der Waals surface area contributed by atoms with Crippen LogP contribution in [0.2, 0.25) is 0 Å². The summed E-state index contributed by atoms with van der Waals surface area (Å²) in [4.78, 5) is 22.4. The van der Waals surface area contributed by atoms with E-state index in [2.05, 4.69) is 62.5 Å². The van der Waals surface area contributed by atoms with Gasteiger partial charge in [-0.1, -0.05) is 152 Å². The highest BCUT2D eigenvalue weighted by atomic mass is 31.2. The molecule has 0 bridgehead atoms. The van der Waals surface area contributed by atoms with Crippen molar-refractivity contribution < 1.29 is 32.8 Å². The molecule has 0 aromatic rings. The Hall–Kier alpha value is -1.54. The predicted octanol–water partition coefficient (Wildman–Crippen LogP) is 12.4. The largest absolute Gasteiger partial charge is 0.472 e. The van der Waals surface area contributed by atoms with Gasteiger partial charge in [0.1, 0.15) is 6.10 Å². The molecule has 8 nitrogen and oxygen atoms in total. The van der Waals surface area contributed by atoms with Gasteiger partial charge in [0.2, 0.25) is 0 Å². The summed E-state index contributed by atoms with van der Waals surface area (Å²) in [5, 5.41) is 0. The lowest BCUT2D eigenvalue weighted by atomic mass is 10.1. The van der Waals surface area contributed by atoms with Crippen LogP contribution >= 0.6 is 7.82 Å². The highest BCUT2D eigenvalue weighted by Crippen LogP contribution is 2.43. The van der Waals surface area contributed by atoms with Crippen molar-refractivity contribution >= 4 is 13.8 Å². The Labute approximate surface area is 320 Å². The summed E-state index contributed by atoms with van der Waals surface area (Å²) in [6.07, 6.45) is 47.1. The van der Waals surface area contributed by atoms with Crippen LogP contribution in [0.1, 0.15) is 181 Å². The Kier molecular flexibility index (Phi) is 39.4. The van der Waals surface area contributed by atoms with Crippen molar-refractivity contribution in [2.75, 3.05) is 33.0 Å². The van der Waals surface area contributed by atoms with Crippen LogP contribution < -0.4 is 5.73 Å². The minimum absolute atomic E-state index is 0.0939. The maximum Gasteiger partial charge on any atom is 0.472 e. The Morgan fingerprint density at radius 3 is 1.63 bits per heavy atom. The van der Waals surface area contributed by atoms with Gasteiger partial charge >= 0.3 is 13.8 Å². The van der Waals surface area contributed by atoms with E-state index in [1.807, 2.05) is 0 Å². The number of phosphoric acid groups is 1. The summed E-state index contributed by atoms with van der Waals surface area (Å²) in [5.74, 6) is -0.360. The van der Waals surface area contributed by atoms with Gasteiger partial charge in [-0.05, 0) is 70.6 Å². The number of nitrogens with two attached hydrogens (primary N) is 1. The van der Waals surface area contributed by atoms with E-state index in [-0.39, 0.29) is 38.8 Å².